The third-order valence-corrected chi connectivity index (χ3v) is 5.87. The van der Waals surface area contributed by atoms with Crippen molar-refractivity contribution in [3.8, 4) is 17.2 Å². The molecule has 0 fully saturated rings. The highest BCUT2D eigenvalue weighted by Gasteiger charge is 2.18. The fraction of sp³-hybridized carbons (Fsp3) is 0.227. The number of nitrogens with one attached hydrogen (secondary N) is 1. The van der Waals surface area contributed by atoms with Gasteiger partial charge in [0.2, 0.25) is 5.75 Å². The van der Waals surface area contributed by atoms with E-state index in [2.05, 4.69) is 15.6 Å². The van der Waals surface area contributed by atoms with Crippen molar-refractivity contribution in [2.24, 2.45) is 5.10 Å². The zero-order valence-corrected chi connectivity index (χ0v) is 20.5. The first kappa shape index (κ1) is 24.7. The molecule has 1 N–H and O–H groups in total. The maximum Gasteiger partial charge on any atom is 0.271 e. The van der Waals surface area contributed by atoms with Gasteiger partial charge in [0.05, 0.1) is 45.3 Å². The Bertz CT molecular complexity index is 1170. The molecule has 0 aliphatic rings. The molecule has 1 heterocycles. The van der Waals surface area contributed by atoms with E-state index in [9.17, 15) is 4.79 Å². The highest BCUT2D eigenvalue weighted by atomic mass is 35.5. The van der Waals surface area contributed by atoms with E-state index >= 15 is 0 Å². The molecule has 8 nitrogen and oxygen atoms in total. The van der Waals surface area contributed by atoms with Gasteiger partial charge in [0.1, 0.15) is 5.15 Å². The van der Waals surface area contributed by atoms with Crippen LogP contribution in [0.3, 0.4) is 0 Å². The van der Waals surface area contributed by atoms with E-state index in [1.165, 1.54) is 39.7 Å². The molecule has 0 unspecified atom stereocenters. The van der Waals surface area contributed by atoms with Crippen LogP contribution in [-0.2, 0) is 6.54 Å². The Kier molecular flexibility index (Phi) is 8.07. The Morgan fingerprint density at radius 3 is 2.24 bits per heavy atom. The molecule has 2 aromatic carbocycles. The van der Waals surface area contributed by atoms with Crippen LogP contribution in [0.1, 0.15) is 27.2 Å². The molecule has 0 aliphatic carbocycles. The minimum atomic E-state index is -0.477. The Morgan fingerprint density at radius 2 is 1.70 bits per heavy atom. The lowest BCUT2D eigenvalue weighted by Gasteiger charge is -2.13. The van der Waals surface area contributed by atoms with Gasteiger partial charge in [-0.25, -0.2) is 10.1 Å². The summed E-state index contributed by atoms with van der Waals surface area (Å²) in [6, 6.07) is 8.30. The summed E-state index contributed by atoms with van der Waals surface area (Å²) in [5, 5.41) is 9.80. The summed E-state index contributed by atoms with van der Waals surface area (Å²) in [4.78, 5) is 12.6. The van der Waals surface area contributed by atoms with Gasteiger partial charge in [-0.1, -0.05) is 40.9 Å². The van der Waals surface area contributed by atoms with Gasteiger partial charge in [0.25, 0.3) is 5.91 Å². The maximum absolute atomic E-state index is 12.6. The van der Waals surface area contributed by atoms with E-state index in [4.69, 9.17) is 49.0 Å². The fourth-order valence-corrected chi connectivity index (χ4v) is 3.88. The Hall–Kier alpha value is -2.94. The third-order valence-electron chi connectivity index (χ3n) is 4.77. The predicted molar refractivity (Wildman–Crippen MR) is 129 cm³/mol. The molecule has 174 valence electrons. The standard InChI is InChI=1S/C22H21Cl3N4O4/c1-12-14(21(25)29(28-12)11-15-16(23)6-5-7-17(15)24)10-26-27-22(30)13-8-18(31-2)20(33-4)19(9-13)32-3/h5-10H,11H2,1-4H3,(H,27,30)/b26-10-. The molecule has 0 atom stereocenters. The molecule has 3 rings (SSSR count). The van der Waals surface area contributed by atoms with Crippen LogP contribution < -0.4 is 19.6 Å². The first-order chi connectivity index (χ1) is 15.8. The van der Waals surface area contributed by atoms with Crippen molar-refractivity contribution in [2.45, 2.75) is 13.5 Å². The third kappa shape index (κ3) is 5.35. The van der Waals surface area contributed by atoms with Gasteiger partial charge in [0.15, 0.2) is 11.5 Å². The largest absolute Gasteiger partial charge is 0.493 e. The van der Waals surface area contributed by atoms with Crippen LogP contribution in [0.4, 0.5) is 0 Å². The van der Waals surface area contributed by atoms with E-state index in [1.54, 1.807) is 29.8 Å². The Morgan fingerprint density at radius 1 is 1.09 bits per heavy atom. The summed E-state index contributed by atoms with van der Waals surface area (Å²) in [7, 11) is 4.42. The summed E-state index contributed by atoms with van der Waals surface area (Å²) >= 11 is 19.0. The molecule has 0 bridgehead atoms. The minimum Gasteiger partial charge on any atom is -0.493 e. The van der Waals surface area contributed by atoms with Gasteiger partial charge in [-0.05, 0) is 31.2 Å². The van der Waals surface area contributed by atoms with Crippen LogP contribution in [0.25, 0.3) is 0 Å². The first-order valence-corrected chi connectivity index (χ1v) is 10.7. The normalized spacial score (nSPS) is 11.0. The van der Waals surface area contributed by atoms with Crippen molar-refractivity contribution in [1.29, 1.82) is 0 Å². The number of hydrogen-bond acceptors (Lipinski definition) is 6. The average molecular weight is 512 g/mol. The Labute approximate surface area is 206 Å². The number of aromatic nitrogens is 2. The van der Waals surface area contributed by atoms with Crippen molar-refractivity contribution in [1.82, 2.24) is 15.2 Å². The first-order valence-electron chi connectivity index (χ1n) is 9.59. The van der Waals surface area contributed by atoms with Crippen molar-refractivity contribution in [3.63, 3.8) is 0 Å². The number of ether oxygens (including phenoxy) is 3. The second-order valence-electron chi connectivity index (χ2n) is 6.76. The number of benzene rings is 2. The zero-order chi connectivity index (χ0) is 24.1. The molecule has 33 heavy (non-hydrogen) atoms. The topological polar surface area (TPSA) is 87.0 Å². The number of hydrogen-bond donors (Lipinski definition) is 1. The van der Waals surface area contributed by atoms with E-state index in [0.717, 1.165) is 0 Å². The summed E-state index contributed by atoms with van der Waals surface area (Å²) in [6.07, 6.45) is 1.42. The molecule has 0 saturated carbocycles. The van der Waals surface area contributed by atoms with Crippen LogP contribution in [-0.4, -0.2) is 43.2 Å². The highest BCUT2D eigenvalue weighted by molar-refractivity contribution is 6.36. The lowest BCUT2D eigenvalue weighted by molar-refractivity contribution is 0.0954. The maximum atomic E-state index is 12.6. The molecule has 1 amide bonds. The zero-order valence-electron chi connectivity index (χ0n) is 18.3. The van der Waals surface area contributed by atoms with Crippen LogP contribution in [0.15, 0.2) is 35.4 Å². The quantitative estimate of drug-likeness (QED) is 0.340. The van der Waals surface area contributed by atoms with Crippen molar-refractivity contribution >= 4 is 46.9 Å². The lowest BCUT2D eigenvalue weighted by Crippen LogP contribution is -2.18. The predicted octanol–water partition coefficient (Wildman–Crippen LogP) is 4.99. The van der Waals surface area contributed by atoms with Gasteiger partial charge in [-0.3, -0.25) is 4.79 Å². The number of nitrogens with zero attached hydrogens (tertiary/aromatic N) is 3. The van der Waals surface area contributed by atoms with Gasteiger partial charge in [-0.2, -0.15) is 10.2 Å². The molecule has 0 radical (unpaired) electrons. The SMILES string of the molecule is COc1cc(C(=O)N/N=C\c2c(C)nn(Cc3c(Cl)cccc3Cl)c2Cl)cc(OC)c1OC. The van der Waals surface area contributed by atoms with Crippen LogP contribution >= 0.6 is 34.8 Å². The van der Waals surface area contributed by atoms with Gasteiger partial charge >= 0.3 is 0 Å². The van der Waals surface area contributed by atoms with E-state index in [-0.39, 0.29) is 12.1 Å². The number of methoxy groups -OCH3 is 3. The summed E-state index contributed by atoms with van der Waals surface area (Å²) in [5.74, 6) is 0.608. The lowest BCUT2D eigenvalue weighted by atomic mass is 10.1. The number of carbonyl (C=O) groups is 1. The number of amides is 1. The number of halogens is 3. The van der Waals surface area contributed by atoms with E-state index in [1.807, 2.05) is 0 Å². The minimum absolute atomic E-state index is 0.272. The number of rotatable bonds is 8. The number of aryl methyl sites for hydroxylation is 1. The molecular weight excluding hydrogens is 491 g/mol. The van der Waals surface area contributed by atoms with Crippen LogP contribution in [0, 0.1) is 6.92 Å². The van der Waals surface area contributed by atoms with Crippen molar-refractivity contribution in [3.05, 3.63) is 67.9 Å². The van der Waals surface area contributed by atoms with Crippen molar-refractivity contribution < 1.29 is 19.0 Å². The van der Waals surface area contributed by atoms with E-state index < -0.39 is 5.91 Å². The monoisotopic (exact) mass is 510 g/mol. The molecular formula is C22H21Cl3N4O4. The molecule has 0 saturated heterocycles. The molecule has 1 aromatic heterocycles. The number of carbonyl (C=O) groups excluding carboxylic acids is 1. The van der Waals surface area contributed by atoms with Crippen molar-refractivity contribution in [2.75, 3.05) is 21.3 Å². The summed E-state index contributed by atoms with van der Waals surface area (Å²) < 4.78 is 17.4. The smallest absolute Gasteiger partial charge is 0.271 e. The van der Waals surface area contributed by atoms with Gasteiger partial charge in [-0.15, -0.1) is 0 Å². The molecule has 11 heteroatoms. The van der Waals surface area contributed by atoms with Crippen LogP contribution in [0.5, 0.6) is 17.2 Å². The second-order valence-corrected chi connectivity index (χ2v) is 7.93. The molecule has 0 aliphatic heterocycles. The van der Waals surface area contributed by atoms with Gasteiger partial charge < -0.3 is 14.2 Å². The van der Waals surface area contributed by atoms with Gasteiger partial charge in [0, 0.05) is 21.2 Å². The Balaban J connectivity index is 1.79. The molecule has 0 spiro atoms. The average Bonchev–Trinajstić information content (AvgIpc) is 3.07. The second kappa shape index (κ2) is 10.8. The number of hydrazone groups is 1. The summed E-state index contributed by atoms with van der Waals surface area (Å²) in [5.41, 5.74) is 4.60. The fourth-order valence-electron chi connectivity index (χ4n) is 3.08. The van der Waals surface area contributed by atoms with Crippen LogP contribution in [0.2, 0.25) is 15.2 Å². The molecule has 3 aromatic rings. The van der Waals surface area contributed by atoms with E-state index in [0.29, 0.717) is 49.3 Å². The highest BCUT2D eigenvalue weighted by Crippen LogP contribution is 2.38. The summed E-state index contributed by atoms with van der Waals surface area (Å²) in [6.45, 7) is 2.06.